The molecule has 2 atom stereocenters. The summed E-state index contributed by atoms with van der Waals surface area (Å²) in [6.45, 7) is 3.87. The van der Waals surface area contributed by atoms with E-state index in [1.165, 1.54) is 11.1 Å². The molecule has 0 saturated heterocycles. The molecule has 3 aliphatic rings. The van der Waals surface area contributed by atoms with E-state index in [2.05, 4.69) is 47.6 Å². The van der Waals surface area contributed by atoms with Crippen LogP contribution in [-0.2, 0) is 6.42 Å². The monoisotopic (exact) mass is 318 g/mol. The van der Waals surface area contributed by atoms with Crippen molar-refractivity contribution in [2.45, 2.75) is 33.1 Å². The summed E-state index contributed by atoms with van der Waals surface area (Å²) in [5.74, 6) is 0.682. The zero-order chi connectivity index (χ0) is 16.7. The van der Waals surface area contributed by atoms with Gasteiger partial charge in [0.25, 0.3) is 5.91 Å². The van der Waals surface area contributed by atoms with Gasteiger partial charge in [0, 0.05) is 17.2 Å². The summed E-state index contributed by atoms with van der Waals surface area (Å²) in [5.41, 5.74) is 5.53. The second-order valence-electron chi connectivity index (χ2n) is 6.96. The quantitative estimate of drug-likeness (QED) is 0.792. The van der Waals surface area contributed by atoms with Gasteiger partial charge < -0.3 is 0 Å². The van der Waals surface area contributed by atoms with Crippen molar-refractivity contribution in [1.29, 1.82) is 0 Å². The van der Waals surface area contributed by atoms with Crippen LogP contribution in [0.25, 0.3) is 0 Å². The third-order valence-corrected chi connectivity index (χ3v) is 5.16. The van der Waals surface area contributed by atoms with Gasteiger partial charge >= 0.3 is 0 Å². The van der Waals surface area contributed by atoms with Gasteiger partial charge in [0.15, 0.2) is 0 Å². The van der Waals surface area contributed by atoms with Crippen molar-refractivity contribution in [3.05, 3.63) is 76.6 Å². The minimum Gasteiger partial charge on any atom is -0.267 e. The zero-order valence-electron chi connectivity index (χ0n) is 14.2. The number of nitrogens with zero attached hydrogens (tertiary/aromatic N) is 2. The molecule has 3 nitrogen and oxygen atoms in total. The molecule has 0 unspecified atom stereocenters. The normalized spacial score (nSPS) is 22.2. The molecular weight excluding hydrogens is 296 g/mol. The van der Waals surface area contributed by atoms with Crippen molar-refractivity contribution in [2.75, 3.05) is 0 Å². The van der Waals surface area contributed by atoms with Gasteiger partial charge in [-0.15, -0.1) is 0 Å². The van der Waals surface area contributed by atoms with Crippen LogP contribution in [0.2, 0.25) is 0 Å². The van der Waals surface area contributed by atoms with E-state index in [1.807, 2.05) is 19.9 Å². The maximum Gasteiger partial charge on any atom is 0.274 e. The highest BCUT2D eigenvalue weighted by molar-refractivity contribution is 5.96. The summed E-state index contributed by atoms with van der Waals surface area (Å²) in [4.78, 5) is 12.9. The Kier molecular flexibility index (Phi) is 3.72. The Morgan fingerprint density at radius 3 is 2.50 bits per heavy atom. The van der Waals surface area contributed by atoms with Gasteiger partial charge in [-0.1, -0.05) is 48.1 Å². The molecule has 0 N–H and O–H groups in total. The number of carbonyl (C=O) groups excluding carboxylic acids is 1. The molecule has 122 valence electrons. The highest BCUT2D eigenvalue weighted by Crippen LogP contribution is 2.41. The van der Waals surface area contributed by atoms with Crippen LogP contribution in [0.1, 0.15) is 34.6 Å². The first-order valence-electron chi connectivity index (χ1n) is 8.66. The third-order valence-electron chi connectivity index (χ3n) is 5.16. The van der Waals surface area contributed by atoms with Gasteiger partial charge in [-0.3, -0.25) is 4.79 Å². The Labute approximate surface area is 142 Å². The maximum absolute atomic E-state index is 12.9. The Morgan fingerprint density at radius 2 is 1.88 bits per heavy atom. The first kappa shape index (κ1) is 15.1. The molecule has 1 aromatic carbocycles. The molecule has 0 saturated carbocycles. The van der Waals surface area contributed by atoms with Crippen LogP contribution in [0.15, 0.2) is 59.7 Å². The average molecular weight is 318 g/mol. The number of fused-ring (bicyclic) bond motifs is 1. The van der Waals surface area contributed by atoms with E-state index >= 15 is 0 Å². The topological polar surface area (TPSA) is 34.9 Å². The molecule has 0 fully saturated rings. The summed E-state index contributed by atoms with van der Waals surface area (Å²) < 4.78 is 1.56. The maximum atomic E-state index is 12.9. The molecule has 24 heavy (non-hydrogen) atoms. The SMILES string of the molecule is Cc1cc(C)n(C(=O)C2=C[C@H]3CC[C@@H]2C=C3Cc2ccccc2)n1. The average Bonchev–Trinajstić information content (AvgIpc) is 2.94. The largest absolute Gasteiger partial charge is 0.274 e. The van der Waals surface area contributed by atoms with Crippen molar-refractivity contribution in [3.63, 3.8) is 0 Å². The number of hydrogen-bond acceptors (Lipinski definition) is 2. The minimum absolute atomic E-state index is 0.0466. The fourth-order valence-electron chi connectivity index (χ4n) is 3.99. The Morgan fingerprint density at radius 1 is 1.12 bits per heavy atom. The smallest absolute Gasteiger partial charge is 0.267 e. The van der Waals surface area contributed by atoms with E-state index < -0.39 is 0 Å². The molecule has 0 amide bonds. The molecule has 2 aromatic rings. The Bertz CT molecular complexity index is 842. The zero-order valence-corrected chi connectivity index (χ0v) is 14.2. The molecule has 0 radical (unpaired) electrons. The fraction of sp³-hybridized carbons (Fsp3) is 0.333. The van der Waals surface area contributed by atoms with Gasteiger partial charge in [0.05, 0.1) is 5.69 Å². The Hall–Kier alpha value is -2.42. The lowest BCUT2D eigenvalue weighted by Gasteiger charge is -2.34. The standard InChI is InChI=1S/C21H22N2O/c1-14-10-15(2)23(22-14)21(24)20-13-17-8-9-18(20)12-19(17)11-16-6-4-3-5-7-16/h3-7,10,12-13,17-18H,8-9,11H2,1-2H3/t17-,18-/m1/s1. The summed E-state index contributed by atoms with van der Waals surface area (Å²) >= 11 is 0. The summed E-state index contributed by atoms with van der Waals surface area (Å²) in [6, 6.07) is 12.5. The van der Waals surface area contributed by atoms with E-state index in [0.29, 0.717) is 5.92 Å². The summed E-state index contributed by atoms with van der Waals surface area (Å²) in [6.07, 6.45) is 7.74. The lowest BCUT2D eigenvalue weighted by molar-refractivity contribution is 0.0922. The molecule has 3 heteroatoms. The summed E-state index contributed by atoms with van der Waals surface area (Å²) in [5, 5.41) is 4.36. The number of aryl methyl sites for hydroxylation is 2. The summed E-state index contributed by atoms with van der Waals surface area (Å²) in [7, 11) is 0. The second-order valence-corrected chi connectivity index (χ2v) is 6.96. The predicted octanol–water partition coefficient (Wildman–Crippen LogP) is 4.28. The molecule has 5 rings (SSSR count). The number of rotatable bonds is 3. The molecular formula is C21H22N2O. The third kappa shape index (κ3) is 2.64. The predicted molar refractivity (Wildman–Crippen MR) is 94.9 cm³/mol. The van der Waals surface area contributed by atoms with Crippen LogP contribution >= 0.6 is 0 Å². The number of benzene rings is 1. The van der Waals surface area contributed by atoms with E-state index in [0.717, 1.165) is 36.2 Å². The van der Waals surface area contributed by atoms with Gasteiger partial charge in [0.2, 0.25) is 0 Å². The van der Waals surface area contributed by atoms with Crippen LogP contribution in [0, 0.1) is 25.7 Å². The van der Waals surface area contributed by atoms with Gasteiger partial charge in [-0.25, -0.2) is 4.68 Å². The van der Waals surface area contributed by atoms with Crippen molar-refractivity contribution < 1.29 is 4.79 Å². The van der Waals surface area contributed by atoms with Crippen molar-refractivity contribution >= 4 is 5.91 Å². The first-order valence-corrected chi connectivity index (χ1v) is 8.66. The fourth-order valence-corrected chi connectivity index (χ4v) is 3.99. The molecule has 1 heterocycles. The molecule has 0 aliphatic heterocycles. The Balaban J connectivity index is 1.58. The van der Waals surface area contributed by atoms with Gasteiger partial charge in [0.1, 0.15) is 0 Å². The molecule has 2 bridgehead atoms. The highest BCUT2D eigenvalue weighted by Gasteiger charge is 2.34. The lowest BCUT2D eigenvalue weighted by Crippen LogP contribution is -2.29. The minimum atomic E-state index is 0.0466. The number of aromatic nitrogens is 2. The highest BCUT2D eigenvalue weighted by atomic mass is 16.2. The van der Waals surface area contributed by atoms with Crippen LogP contribution in [0.5, 0.6) is 0 Å². The second kappa shape index (κ2) is 5.90. The van der Waals surface area contributed by atoms with Crippen LogP contribution in [0.3, 0.4) is 0 Å². The lowest BCUT2D eigenvalue weighted by atomic mass is 9.70. The van der Waals surface area contributed by atoms with E-state index in [-0.39, 0.29) is 11.8 Å². The van der Waals surface area contributed by atoms with E-state index in [1.54, 1.807) is 4.68 Å². The van der Waals surface area contributed by atoms with E-state index in [4.69, 9.17) is 0 Å². The number of allylic oxidation sites excluding steroid dienone is 4. The van der Waals surface area contributed by atoms with Crippen LogP contribution < -0.4 is 0 Å². The van der Waals surface area contributed by atoms with Crippen molar-refractivity contribution in [1.82, 2.24) is 9.78 Å². The van der Waals surface area contributed by atoms with Crippen LogP contribution in [-0.4, -0.2) is 15.7 Å². The number of hydrogen-bond donors (Lipinski definition) is 0. The number of carbonyl (C=O) groups is 1. The molecule has 1 aromatic heterocycles. The molecule has 0 spiro atoms. The van der Waals surface area contributed by atoms with Gasteiger partial charge in [-0.2, -0.15) is 5.10 Å². The van der Waals surface area contributed by atoms with Crippen molar-refractivity contribution in [3.8, 4) is 0 Å². The first-order chi connectivity index (χ1) is 11.6. The molecule has 3 aliphatic carbocycles. The van der Waals surface area contributed by atoms with Gasteiger partial charge in [-0.05, 0) is 50.7 Å². The van der Waals surface area contributed by atoms with Crippen molar-refractivity contribution in [2.24, 2.45) is 11.8 Å². The van der Waals surface area contributed by atoms with E-state index in [9.17, 15) is 4.79 Å². The van der Waals surface area contributed by atoms with Crippen LogP contribution in [0.4, 0.5) is 0 Å².